The molecule has 4 rings (SSSR count). The summed E-state index contributed by atoms with van der Waals surface area (Å²) in [6, 6.07) is 8.20. The molecule has 0 radical (unpaired) electrons. The van der Waals surface area contributed by atoms with Crippen molar-refractivity contribution >= 4 is 23.8 Å². The van der Waals surface area contributed by atoms with Crippen LogP contribution < -0.4 is 10.6 Å². The number of hydrogen-bond donors (Lipinski definition) is 2. The van der Waals surface area contributed by atoms with Gasteiger partial charge in [0.2, 0.25) is 6.10 Å². The lowest BCUT2D eigenvalue weighted by Crippen LogP contribution is -2.46. The molecule has 148 valence electrons. The Morgan fingerprint density at radius 1 is 1.21 bits per heavy atom. The van der Waals surface area contributed by atoms with E-state index >= 15 is 0 Å². The molecule has 2 N–H and O–H groups in total. The summed E-state index contributed by atoms with van der Waals surface area (Å²) in [4.78, 5) is 50.8. The molecule has 1 aromatic carbocycles. The van der Waals surface area contributed by atoms with Crippen LogP contribution >= 0.6 is 0 Å². The molecule has 4 amide bonds. The van der Waals surface area contributed by atoms with Crippen molar-refractivity contribution in [2.24, 2.45) is 5.92 Å². The van der Waals surface area contributed by atoms with Crippen molar-refractivity contribution in [2.75, 3.05) is 6.54 Å². The van der Waals surface area contributed by atoms with Crippen LogP contribution in [0.4, 0.5) is 4.79 Å². The number of imide groups is 1. The standard InChI is InChI=1S/C20H23N3O5/c1-20(13-7-8-13)18(26)23(19(27)22-20)11-15(24)28-16(12-5-3-2-4-6-12)17(25)21-14-9-10-14/h2-6,13-14,16H,7-11H2,1H3,(H,21,25)(H,22,27)/t16-,20+/m1/s1. The van der Waals surface area contributed by atoms with Crippen molar-refractivity contribution in [1.29, 1.82) is 0 Å². The predicted molar refractivity (Wildman–Crippen MR) is 97.8 cm³/mol. The molecule has 1 aliphatic heterocycles. The number of ether oxygens (including phenoxy) is 1. The number of rotatable bonds is 7. The fourth-order valence-electron chi connectivity index (χ4n) is 3.50. The van der Waals surface area contributed by atoms with Crippen molar-refractivity contribution in [3.63, 3.8) is 0 Å². The molecule has 0 aromatic heterocycles. The third-order valence-electron chi connectivity index (χ3n) is 5.50. The van der Waals surface area contributed by atoms with Gasteiger partial charge in [0.15, 0.2) is 0 Å². The van der Waals surface area contributed by atoms with E-state index in [1.165, 1.54) is 0 Å². The maximum absolute atomic E-state index is 12.7. The fraction of sp³-hybridized carbons (Fsp3) is 0.500. The molecule has 8 nitrogen and oxygen atoms in total. The number of carbonyl (C=O) groups is 4. The quantitative estimate of drug-likeness (QED) is 0.543. The van der Waals surface area contributed by atoms with E-state index in [4.69, 9.17) is 4.74 Å². The summed E-state index contributed by atoms with van der Waals surface area (Å²) in [5.74, 6) is -1.52. The van der Waals surface area contributed by atoms with E-state index in [1.807, 2.05) is 0 Å². The summed E-state index contributed by atoms with van der Waals surface area (Å²) >= 11 is 0. The summed E-state index contributed by atoms with van der Waals surface area (Å²) < 4.78 is 5.41. The molecule has 2 aliphatic carbocycles. The minimum Gasteiger partial charge on any atom is -0.446 e. The fourth-order valence-corrected chi connectivity index (χ4v) is 3.50. The highest BCUT2D eigenvalue weighted by Gasteiger charge is 2.56. The van der Waals surface area contributed by atoms with Crippen molar-refractivity contribution in [2.45, 2.75) is 50.3 Å². The highest BCUT2D eigenvalue weighted by molar-refractivity contribution is 6.09. The average Bonchev–Trinajstić information content (AvgIpc) is 3.57. The molecule has 8 heteroatoms. The first-order chi connectivity index (χ1) is 13.4. The van der Waals surface area contributed by atoms with Gasteiger partial charge in [-0.3, -0.25) is 19.3 Å². The van der Waals surface area contributed by atoms with Crippen LogP contribution in [-0.4, -0.2) is 46.8 Å². The van der Waals surface area contributed by atoms with Gasteiger partial charge in [0.25, 0.3) is 11.8 Å². The van der Waals surface area contributed by atoms with E-state index in [9.17, 15) is 19.2 Å². The van der Waals surface area contributed by atoms with Gasteiger partial charge in [-0.05, 0) is 38.5 Å². The van der Waals surface area contributed by atoms with Crippen LogP contribution in [0.25, 0.3) is 0 Å². The number of hydrogen-bond acceptors (Lipinski definition) is 5. The summed E-state index contributed by atoms with van der Waals surface area (Å²) in [6.07, 6.45) is 2.44. The third-order valence-corrected chi connectivity index (χ3v) is 5.50. The Bertz CT molecular complexity index is 818. The lowest BCUT2D eigenvalue weighted by Gasteiger charge is -2.21. The van der Waals surface area contributed by atoms with Gasteiger partial charge in [0, 0.05) is 11.6 Å². The monoisotopic (exact) mass is 385 g/mol. The van der Waals surface area contributed by atoms with Crippen LogP contribution in [0.3, 0.4) is 0 Å². The van der Waals surface area contributed by atoms with E-state index in [-0.39, 0.29) is 12.0 Å². The zero-order valence-electron chi connectivity index (χ0n) is 15.6. The third kappa shape index (κ3) is 3.58. The number of amides is 4. The normalized spacial score (nSPS) is 25.2. The minimum atomic E-state index is -1.12. The maximum Gasteiger partial charge on any atom is 0.327 e. The Kier molecular flexibility index (Phi) is 4.56. The zero-order valence-corrected chi connectivity index (χ0v) is 15.6. The van der Waals surface area contributed by atoms with E-state index in [1.54, 1.807) is 37.3 Å². The van der Waals surface area contributed by atoms with E-state index < -0.39 is 42.0 Å². The van der Waals surface area contributed by atoms with Crippen LogP contribution in [0.2, 0.25) is 0 Å². The van der Waals surface area contributed by atoms with Gasteiger partial charge in [-0.2, -0.15) is 0 Å². The molecule has 2 saturated carbocycles. The Morgan fingerprint density at radius 2 is 1.89 bits per heavy atom. The largest absolute Gasteiger partial charge is 0.446 e. The van der Waals surface area contributed by atoms with Crippen LogP contribution in [0.15, 0.2) is 30.3 Å². The van der Waals surface area contributed by atoms with Crippen molar-refractivity contribution in [3.8, 4) is 0 Å². The molecule has 0 unspecified atom stereocenters. The predicted octanol–water partition coefficient (Wildman–Crippen LogP) is 1.27. The van der Waals surface area contributed by atoms with Crippen LogP contribution in [0.5, 0.6) is 0 Å². The minimum absolute atomic E-state index is 0.103. The number of nitrogens with zero attached hydrogens (tertiary/aromatic N) is 1. The average molecular weight is 385 g/mol. The Hall–Kier alpha value is -2.90. The van der Waals surface area contributed by atoms with Gasteiger partial charge in [-0.1, -0.05) is 30.3 Å². The highest BCUT2D eigenvalue weighted by Crippen LogP contribution is 2.42. The second-order valence-electron chi connectivity index (χ2n) is 7.86. The number of esters is 1. The first-order valence-corrected chi connectivity index (χ1v) is 9.57. The molecule has 3 fully saturated rings. The Labute approximate surface area is 162 Å². The number of urea groups is 1. The smallest absolute Gasteiger partial charge is 0.327 e. The van der Waals surface area contributed by atoms with Gasteiger partial charge >= 0.3 is 12.0 Å². The van der Waals surface area contributed by atoms with E-state index in [2.05, 4.69) is 10.6 Å². The van der Waals surface area contributed by atoms with E-state index in [0.29, 0.717) is 5.56 Å². The summed E-state index contributed by atoms with van der Waals surface area (Å²) in [5.41, 5.74) is -0.423. The topological polar surface area (TPSA) is 105 Å². The zero-order chi connectivity index (χ0) is 19.9. The summed E-state index contributed by atoms with van der Waals surface area (Å²) in [7, 11) is 0. The molecule has 0 spiro atoms. The van der Waals surface area contributed by atoms with Crippen molar-refractivity contribution in [1.82, 2.24) is 15.5 Å². The van der Waals surface area contributed by atoms with Gasteiger partial charge in [0.05, 0.1) is 0 Å². The number of nitrogens with one attached hydrogen (secondary N) is 2. The Morgan fingerprint density at radius 3 is 2.50 bits per heavy atom. The molecule has 1 saturated heterocycles. The molecule has 28 heavy (non-hydrogen) atoms. The van der Waals surface area contributed by atoms with Crippen LogP contribution in [0, 0.1) is 5.92 Å². The van der Waals surface area contributed by atoms with Crippen LogP contribution in [-0.2, 0) is 19.1 Å². The van der Waals surface area contributed by atoms with Crippen molar-refractivity contribution < 1.29 is 23.9 Å². The van der Waals surface area contributed by atoms with Gasteiger partial charge in [-0.25, -0.2) is 4.79 Å². The van der Waals surface area contributed by atoms with Gasteiger partial charge in [-0.15, -0.1) is 0 Å². The molecule has 2 atom stereocenters. The summed E-state index contributed by atoms with van der Waals surface area (Å²) in [5, 5.41) is 5.52. The first-order valence-electron chi connectivity index (χ1n) is 9.57. The second-order valence-corrected chi connectivity index (χ2v) is 7.86. The molecule has 0 bridgehead atoms. The SMILES string of the molecule is C[C@@]1(C2CC2)NC(=O)N(CC(=O)O[C@@H](C(=O)NC2CC2)c2ccccc2)C1=O. The van der Waals surface area contributed by atoms with E-state index in [0.717, 1.165) is 30.6 Å². The molecule has 1 heterocycles. The second kappa shape index (κ2) is 6.92. The maximum atomic E-state index is 12.7. The van der Waals surface area contributed by atoms with Gasteiger partial charge < -0.3 is 15.4 Å². The number of carbonyl (C=O) groups excluding carboxylic acids is 4. The number of benzene rings is 1. The lowest BCUT2D eigenvalue weighted by molar-refractivity contribution is -0.158. The van der Waals surface area contributed by atoms with Crippen LogP contribution in [0.1, 0.15) is 44.3 Å². The van der Waals surface area contributed by atoms with Gasteiger partial charge in [0.1, 0.15) is 12.1 Å². The lowest BCUT2D eigenvalue weighted by atomic mass is 9.96. The van der Waals surface area contributed by atoms with Crippen molar-refractivity contribution in [3.05, 3.63) is 35.9 Å². The summed E-state index contributed by atoms with van der Waals surface area (Å²) in [6.45, 7) is 1.17. The molecular weight excluding hydrogens is 362 g/mol. The highest BCUT2D eigenvalue weighted by atomic mass is 16.5. The molecule has 1 aromatic rings. The Balaban J connectivity index is 1.44. The molecular formula is C20H23N3O5. The first kappa shape index (κ1) is 18.5. The molecule has 3 aliphatic rings.